The monoisotopic (exact) mass is 971 g/mol. The van der Waals surface area contributed by atoms with Crippen molar-refractivity contribution in [1.82, 2.24) is 24.3 Å². The molecule has 10 aromatic rings. The second-order valence-electron chi connectivity index (χ2n) is 13.7. The van der Waals surface area contributed by atoms with Crippen LogP contribution >= 0.6 is 0 Å². The first-order valence-corrected chi connectivity index (χ1v) is 18.6. The van der Waals surface area contributed by atoms with Crippen molar-refractivity contribution in [3.05, 3.63) is 209 Å². The largest absolute Gasteiger partial charge is 3.00 e. The summed E-state index contributed by atoms with van der Waals surface area (Å²) in [7, 11) is 0. The summed E-state index contributed by atoms with van der Waals surface area (Å²) in [6.45, 7) is -4.81. The van der Waals surface area contributed by atoms with Crippen LogP contribution in [0.25, 0.3) is 60.7 Å². The number of nitrogens with zero attached hydrogens (tertiary/aromatic N) is 5. The van der Waals surface area contributed by atoms with E-state index in [-0.39, 0.29) is 47.9 Å². The molecule has 5 aromatic carbocycles. The summed E-state index contributed by atoms with van der Waals surface area (Å²) in [4.78, 5) is 17.7. The smallest absolute Gasteiger partial charge is 0.314 e. The van der Waals surface area contributed by atoms with Gasteiger partial charge in [0.2, 0.25) is 0 Å². The maximum absolute atomic E-state index is 9.65. The summed E-state index contributed by atoms with van der Waals surface area (Å²) in [5.41, 5.74) is 0.159. The molecule has 0 aliphatic heterocycles. The van der Waals surface area contributed by atoms with Gasteiger partial charge in [-0.3, -0.25) is 0 Å². The van der Waals surface area contributed by atoms with Crippen LogP contribution < -0.4 is 0 Å². The number of aryl methyl sites for hydroxylation is 8. The fourth-order valence-corrected chi connectivity index (χ4v) is 6.91. The van der Waals surface area contributed by atoms with E-state index in [4.69, 9.17) is 13.2 Å². The molecule has 0 aliphatic rings. The molecule has 0 bridgehead atoms. The quantitative estimate of drug-likeness (QED) is 0.0957. The fourth-order valence-electron chi connectivity index (χ4n) is 6.91. The van der Waals surface area contributed by atoms with Crippen molar-refractivity contribution < 1.29 is 44.8 Å². The van der Waals surface area contributed by atoms with Crippen molar-refractivity contribution in [3.8, 4) is 22.5 Å². The van der Waals surface area contributed by atoms with Crippen molar-refractivity contribution in [2.45, 2.75) is 51.9 Å². The number of imidazole rings is 1. The third kappa shape index (κ3) is 8.14. The summed E-state index contributed by atoms with van der Waals surface area (Å²) in [6, 6.07) is 35.4. The van der Waals surface area contributed by atoms with Gasteiger partial charge in [-0.1, -0.05) is 91.2 Å². The van der Waals surface area contributed by atoms with Crippen LogP contribution in [0.3, 0.4) is 0 Å². The third-order valence-electron chi connectivity index (χ3n) is 9.76. The van der Waals surface area contributed by atoms with Gasteiger partial charge in [-0.05, 0) is 77.4 Å². The van der Waals surface area contributed by atoms with Crippen LogP contribution in [-0.4, -0.2) is 24.3 Å². The molecule has 5 heterocycles. The van der Waals surface area contributed by atoms with Gasteiger partial charge in [0, 0.05) is 72.1 Å². The van der Waals surface area contributed by atoms with Gasteiger partial charge >= 0.3 is 20.1 Å². The van der Waals surface area contributed by atoms with E-state index in [9.17, 15) is 16.4 Å². The average Bonchev–Trinajstić information content (AvgIpc) is 4.07. The van der Waals surface area contributed by atoms with E-state index in [1.807, 2.05) is 24.3 Å². The molecule has 5 aromatic heterocycles. The van der Waals surface area contributed by atoms with Gasteiger partial charge < -0.3 is 19.4 Å². The second kappa shape index (κ2) is 17.1. The van der Waals surface area contributed by atoms with E-state index in [1.54, 1.807) is 23.0 Å². The predicted molar refractivity (Wildman–Crippen MR) is 239 cm³/mol. The fraction of sp³-hybridized carbons (Fsp3) is 0.148. The number of pyridine rings is 4. The minimum absolute atomic E-state index is 0. The van der Waals surface area contributed by atoms with Crippen molar-refractivity contribution in [3.63, 3.8) is 0 Å². The zero-order valence-corrected chi connectivity index (χ0v) is 33.8. The first-order chi connectivity index (χ1) is 36.0. The number of hydrogen-bond donors (Lipinski definition) is 0. The Labute approximate surface area is 389 Å². The van der Waals surface area contributed by atoms with E-state index in [0.29, 0.717) is 44.5 Å². The second-order valence-corrected chi connectivity index (χ2v) is 13.7. The Morgan fingerprint density at radius 3 is 1.70 bits per heavy atom. The van der Waals surface area contributed by atoms with Crippen molar-refractivity contribution in [2.75, 3.05) is 0 Å². The molecule has 5 nitrogen and oxygen atoms in total. The minimum Gasteiger partial charge on any atom is -0.314 e. The van der Waals surface area contributed by atoms with Crippen LogP contribution in [0.2, 0.25) is 0 Å². The van der Waals surface area contributed by atoms with Crippen LogP contribution in [0.15, 0.2) is 146 Å². The van der Waals surface area contributed by atoms with Crippen molar-refractivity contribution >= 4 is 38.2 Å². The number of aromatic nitrogens is 5. The minimum atomic E-state index is -3.20. The van der Waals surface area contributed by atoms with Gasteiger partial charge in [0.25, 0.3) is 0 Å². The first-order valence-electron chi connectivity index (χ1n) is 27.6. The molecule has 6 heteroatoms. The van der Waals surface area contributed by atoms with Crippen molar-refractivity contribution in [2.24, 2.45) is 0 Å². The number of benzene rings is 5. The van der Waals surface area contributed by atoms with Crippen LogP contribution in [0.4, 0.5) is 0 Å². The van der Waals surface area contributed by atoms with E-state index in [1.165, 1.54) is 85.2 Å². The Hall–Kier alpha value is -6.33. The van der Waals surface area contributed by atoms with Crippen molar-refractivity contribution in [1.29, 1.82) is 0 Å². The molecular weight excluding hydrogens is 911 g/mol. The van der Waals surface area contributed by atoms with Gasteiger partial charge in [0.1, 0.15) is 5.65 Å². The molecule has 0 saturated heterocycles. The first kappa shape index (κ1) is 23.5. The SMILES string of the molecule is [2H]C([2H])([2H])c1ccc(-c2[c-]cc(C([2H])([2H])C([2H])([2H])c3cc(C([2H])([2H])C([2H])([2H])c4c[c-]c(-c5ccc(C([2H])([2H])[2H])cn5)cc4)cc(C([2H])([2H])C([2H])([2H])c4c[c-]c5c(c4)c4nccn4c4c6ccccc6cnc54)c3)cc2)nc1.[Ir+3]. The summed E-state index contributed by atoms with van der Waals surface area (Å²) in [5.74, 6) is 0. The van der Waals surface area contributed by atoms with Gasteiger partial charge in [0.05, 0.1) is 0 Å². The molecule has 0 unspecified atom stereocenters. The molecular formula is C54H42IrN5. The molecule has 10 rings (SSSR count). The Kier molecular flexibility index (Phi) is 6.69. The van der Waals surface area contributed by atoms with E-state index in [0.717, 1.165) is 34.5 Å². The molecule has 0 radical (unpaired) electrons. The van der Waals surface area contributed by atoms with Gasteiger partial charge in [0.15, 0.2) is 0 Å². The van der Waals surface area contributed by atoms with Gasteiger partial charge in [-0.25, -0.2) is 4.98 Å². The van der Waals surface area contributed by atoms with Crippen LogP contribution in [0, 0.1) is 31.9 Å². The molecule has 292 valence electrons. The Morgan fingerprint density at radius 1 is 0.550 bits per heavy atom. The molecule has 0 N–H and O–H groups in total. The molecule has 0 fully saturated rings. The zero-order chi connectivity index (χ0) is 55.5. The van der Waals surface area contributed by atoms with E-state index >= 15 is 0 Å². The Morgan fingerprint density at radius 2 is 1.13 bits per heavy atom. The molecule has 60 heavy (non-hydrogen) atoms. The standard InChI is InChI=1S/C54H42N5.Ir/c1-36-7-25-50(56-33-36)44-20-15-38(16-21-44)9-12-41-29-42(13-10-39-17-22-45(23-18-39)51-26-8-37(2)34-57-51)31-43(30-41)14-11-40-19-24-48-49(32-40)54-55-27-28-59(54)53-47-6-4-3-5-46(47)35-58-52(48)53;/h3-8,15-20,22,25-35H,9-14H2,1-2H3;/q-3;+3/i1D3,2D3,9D2,10D2,11D2,12D2,13D2,14D2;. The predicted octanol–water partition coefficient (Wildman–Crippen LogP) is 11.7. The molecule has 0 atom stereocenters. The summed E-state index contributed by atoms with van der Waals surface area (Å²) >= 11 is 0. The van der Waals surface area contributed by atoms with E-state index < -0.39 is 68.6 Å². The molecule has 0 saturated carbocycles. The number of rotatable bonds is 11. The molecule has 0 aliphatic carbocycles. The van der Waals surface area contributed by atoms with Gasteiger partial charge in [-0.15, -0.1) is 99.9 Å². The summed E-state index contributed by atoms with van der Waals surface area (Å²) < 4.78 is 161. The molecule has 0 amide bonds. The maximum atomic E-state index is 9.65. The zero-order valence-electron chi connectivity index (χ0n) is 49.4. The van der Waals surface area contributed by atoms with E-state index in [2.05, 4.69) is 33.2 Å². The van der Waals surface area contributed by atoms with Crippen LogP contribution in [-0.2, 0) is 58.3 Å². The third-order valence-corrected chi connectivity index (χ3v) is 9.76. The average molecular weight is 971 g/mol. The summed E-state index contributed by atoms with van der Waals surface area (Å²) in [5, 5.41) is 2.59. The Bertz CT molecular complexity index is 3750. The normalized spacial score (nSPS) is 17.7. The van der Waals surface area contributed by atoms with Crippen LogP contribution in [0.5, 0.6) is 0 Å². The molecule has 0 spiro atoms. The van der Waals surface area contributed by atoms with Gasteiger partial charge in [-0.2, -0.15) is 0 Å². The summed E-state index contributed by atoms with van der Waals surface area (Å²) in [6.07, 6.45) is -11.3. The number of fused-ring (bicyclic) bond motifs is 8. The van der Waals surface area contributed by atoms with Crippen LogP contribution in [0.1, 0.15) is 69.2 Å². The Balaban J connectivity index is 0.00000740. The topological polar surface area (TPSA) is 56.0 Å². The number of hydrogen-bond acceptors (Lipinski definition) is 4. The maximum Gasteiger partial charge on any atom is 3.00 e.